The van der Waals surface area contributed by atoms with Crippen LogP contribution in [0.2, 0.25) is 0 Å². The number of rotatable bonds is 7. The number of hydrogen-bond donors (Lipinski definition) is 1. The van der Waals surface area contributed by atoms with Gasteiger partial charge in [-0.15, -0.1) is 11.8 Å². The Morgan fingerprint density at radius 3 is 2.57 bits per heavy atom. The van der Waals surface area contributed by atoms with Crippen LogP contribution in [-0.2, 0) is 11.3 Å². The van der Waals surface area contributed by atoms with E-state index >= 15 is 0 Å². The second kappa shape index (κ2) is 8.82. The van der Waals surface area contributed by atoms with E-state index in [1.54, 1.807) is 7.11 Å². The van der Waals surface area contributed by atoms with Crippen LogP contribution in [0.3, 0.4) is 0 Å². The van der Waals surface area contributed by atoms with E-state index in [4.69, 9.17) is 4.74 Å². The Hall–Kier alpha value is -0.510. The van der Waals surface area contributed by atoms with Crippen molar-refractivity contribution < 1.29 is 4.74 Å². The molecule has 1 aliphatic carbocycles. The maximum Gasteiger partial charge on any atom is 0.0587 e. The van der Waals surface area contributed by atoms with Gasteiger partial charge in [-0.3, -0.25) is 0 Å². The maximum atomic E-state index is 5.03. The van der Waals surface area contributed by atoms with Crippen LogP contribution in [0, 0.1) is 11.8 Å². The average Bonchev–Trinajstić information content (AvgIpc) is 2.49. The Labute approximate surface area is 134 Å². The van der Waals surface area contributed by atoms with Crippen molar-refractivity contribution in [2.24, 2.45) is 11.8 Å². The molecule has 2 nitrogen and oxygen atoms in total. The molecule has 0 bridgehead atoms. The molecule has 0 spiro atoms. The molecule has 3 atom stereocenters. The van der Waals surface area contributed by atoms with Crippen molar-refractivity contribution in [3.8, 4) is 0 Å². The molecule has 1 fully saturated rings. The molecule has 0 amide bonds. The van der Waals surface area contributed by atoms with Crippen LogP contribution < -0.4 is 5.32 Å². The molecule has 21 heavy (non-hydrogen) atoms. The summed E-state index contributed by atoms with van der Waals surface area (Å²) in [5, 5.41) is 4.19. The lowest BCUT2D eigenvalue weighted by Crippen LogP contribution is -2.22. The SMILES string of the molecule is COCCNCc1ccc(SC2CCC(C)C(C)C2)cc1. The molecule has 0 aliphatic heterocycles. The van der Waals surface area contributed by atoms with E-state index in [1.807, 2.05) is 0 Å². The fraction of sp³-hybridized carbons (Fsp3) is 0.667. The first-order chi connectivity index (χ1) is 10.2. The van der Waals surface area contributed by atoms with Crippen LogP contribution in [0.15, 0.2) is 29.2 Å². The molecule has 0 heterocycles. The van der Waals surface area contributed by atoms with E-state index in [-0.39, 0.29) is 0 Å². The third kappa shape index (κ3) is 5.65. The lowest BCUT2D eigenvalue weighted by Gasteiger charge is -2.31. The van der Waals surface area contributed by atoms with Crippen molar-refractivity contribution >= 4 is 11.8 Å². The molecule has 0 aromatic heterocycles. The van der Waals surface area contributed by atoms with E-state index < -0.39 is 0 Å². The van der Waals surface area contributed by atoms with Crippen LogP contribution in [0.25, 0.3) is 0 Å². The zero-order chi connectivity index (χ0) is 15.1. The molecule has 3 heteroatoms. The van der Waals surface area contributed by atoms with Crippen LogP contribution >= 0.6 is 11.8 Å². The van der Waals surface area contributed by atoms with Gasteiger partial charge >= 0.3 is 0 Å². The molecular formula is C18H29NOS. The van der Waals surface area contributed by atoms with Gasteiger partial charge in [0.25, 0.3) is 0 Å². The van der Waals surface area contributed by atoms with Gasteiger partial charge in [-0.05, 0) is 48.8 Å². The summed E-state index contributed by atoms with van der Waals surface area (Å²) in [6.07, 6.45) is 4.13. The van der Waals surface area contributed by atoms with Crippen molar-refractivity contribution in [2.75, 3.05) is 20.3 Å². The van der Waals surface area contributed by atoms with Crippen LogP contribution in [0.1, 0.15) is 38.7 Å². The average molecular weight is 308 g/mol. The van der Waals surface area contributed by atoms with E-state index in [0.717, 1.165) is 36.8 Å². The molecule has 1 aliphatic rings. The molecule has 0 saturated heterocycles. The smallest absolute Gasteiger partial charge is 0.0587 e. The number of benzene rings is 1. The van der Waals surface area contributed by atoms with Crippen molar-refractivity contribution in [1.29, 1.82) is 0 Å². The van der Waals surface area contributed by atoms with Gasteiger partial charge in [0, 0.05) is 30.3 Å². The second-order valence-corrected chi connectivity index (χ2v) is 7.69. The molecule has 2 rings (SSSR count). The fourth-order valence-electron chi connectivity index (χ4n) is 2.89. The van der Waals surface area contributed by atoms with Gasteiger partial charge in [0.1, 0.15) is 0 Å². The predicted octanol–water partition coefficient (Wildman–Crippen LogP) is 4.34. The monoisotopic (exact) mass is 307 g/mol. The zero-order valence-corrected chi connectivity index (χ0v) is 14.4. The number of nitrogens with one attached hydrogen (secondary N) is 1. The van der Waals surface area contributed by atoms with E-state index in [0.29, 0.717) is 0 Å². The van der Waals surface area contributed by atoms with Crippen LogP contribution in [-0.4, -0.2) is 25.5 Å². The Morgan fingerprint density at radius 2 is 1.90 bits per heavy atom. The number of hydrogen-bond acceptors (Lipinski definition) is 3. The van der Waals surface area contributed by atoms with Gasteiger partial charge in [0.05, 0.1) is 6.61 Å². The maximum absolute atomic E-state index is 5.03. The molecule has 1 aromatic rings. The standard InChI is InChI=1S/C18H29NOS/c1-14-4-7-18(12-15(14)2)21-17-8-5-16(6-9-17)13-19-10-11-20-3/h5-6,8-9,14-15,18-19H,4,7,10-13H2,1-3H3. The molecule has 0 radical (unpaired) electrons. The highest BCUT2D eigenvalue weighted by Gasteiger charge is 2.24. The first-order valence-electron chi connectivity index (χ1n) is 8.14. The molecule has 118 valence electrons. The van der Waals surface area contributed by atoms with Gasteiger partial charge in [-0.1, -0.05) is 26.0 Å². The predicted molar refractivity (Wildman–Crippen MR) is 91.8 cm³/mol. The first-order valence-corrected chi connectivity index (χ1v) is 9.02. The largest absolute Gasteiger partial charge is 0.383 e. The third-order valence-electron chi connectivity index (χ3n) is 4.59. The van der Waals surface area contributed by atoms with Gasteiger partial charge in [0.2, 0.25) is 0 Å². The Balaban J connectivity index is 1.77. The van der Waals surface area contributed by atoms with Gasteiger partial charge in [-0.25, -0.2) is 0 Å². The Morgan fingerprint density at radius 1 is 1.14 bits per heavy atom. The minimum atomic E-state index is 0.770. The van der Waals surface area contributed by atoms with Crippen molar-refractivity contribution in [1.82, 2.24) is 5.32 Å². The Kier molecular flexibility index (Phi) is 7.08. The minimum Gasteiger partial charge on any atom is -0.383 e. The summed E-state index contributed by atoms with van der Waals surface area (Å²) < 4.78 is 5.03. The normalized spacial score (nSPS) is 26.0. The van der Waals surface area contributed by atoms with Crippen molar-refractivity contribution in [3.63, 3.8) is 0 Å². The quantitative estimate of drug-likeness (QED) is 0.757. The molecule has 1 aromatic carbocycles. The summed E-state index contributed by atoms with van der Waals surface area (Å²) in [4.78, 5) is 1.42. The van der Waals surface area contributed by atoms with Crippen molar-refractivity contribution in [3.05, 3.63) is 29.8 Å². The van der Waals surface area contributed by atoms with Crippen molar-refractivity contribution in [2.45, 2.75) is 49.8 Å². The number of thioether (sulfide) groups is 1. The van der Waals surface area contributed by atoms with Gasteiger partial charge < -0.3 is 10.1 Å². The minimum absolute atomic E-state index is 0.770. The third-order valence-corrected chi connectivity index (χ3v) is 5.89. The van der Waals surface area contributed by atoms with Gasteiger partial charge in [-0.2, -0.15) is 0 Å². The van der Waals surface area contributed by atoms with Gasteiger partial charge in [0.15, 0.2) is 0 Å². The summed E-state index contributed by atoms with van der Waals surface area (Å²) in [6, 6.07) is 9.05. The highest BCUT2D eigenvalue weighted by Crippen LogP contribution is 2.38. The number of methoxy groups -OCH3 is 1. The fourth-order valence-corrected chi connectivity index (χ4v) is 4.22. The molecule has 3 unspecified atom stereocenters. The van der Waals surface area contributed by atoms with E-state index in [1.165, 1.54) is 29.7 Å². The van der Waals surface area contributed by atoms with Crippen LogP contribution in [0.5, 0.6) is 0 Å². The number of ether oxygens (including phenoxy) is 1. The summed E-state index contributed by atoms with van der Waals surface area (Å²) in [5.74, 6) is 1.78. The highest BCUT2D eigenvalue weighted by molar-refractivity contribution is 8.00. The first kappa shape index (κ1) is 16.9. The van der Waals surface area contributed by atoms with Crippen LogP contribution in [0.4, 0.5) is 0 Å². The zero-order valence-electron chi connectivity index (χ0n) is 13.6. The summed E-state index contributed by atoms with van der Waals surface area (Å²) in [5.41, 5.74) is 1.35. The molecule has 1 N–H and O–H groups in total. The summed E-state index contributed by atoms with van der Waals surface area (Å²) >= 11 is 2.07. The van der Waals surface area contributed by atoms with E-state index in [2.05, 4.69) is 55.2 Å². The summed E-state index contributed by atoms with van der Waals surface area (Å²) in [7, 11) is 1.74. The lowest BCUT2D eigenvalue weighted by molar-refractivity contribution is 0.199. The lowest BCUT2D eigenvalue weighted by atomic mass is 9.81. The molecular weight excluding hydrogens is 278 g/mol. The Bertz CT molecular complexity index is 406. The van der Waals surface area contributed by atoms with E-state index in [9.17, 15) is 0 Å². The second-order valence-electron chi connectivity index (χ2n) is 6.32. The molecule has 1 saturated carbocycles. The topological polar surface area (TPSA) is 21.3 Å². The summed E-state index contributed by atoms with van der Waals surface area (Å²) in [6.45, 7) is 7.41. The highest BCUT2D eigenvalue weighted by atomic mass is 32.2.